The highest BCUT2D eigenvalue weighted by Crippen LogP contribution is 2.34. The van der Waals surface area contributed by atoms with Gasteiger partial charge in [-0.3, -0.25) is 4.79 Å². The van der Waals surface area contributed by atoms with Gasteiger partial charge in [0.1, 0.15) is 18.1 Å². The molecule has 0 aliphatic rings. The van der Waals surface area contributed by atoms with E-state index in [-0.39, 0.29) is 18.5 Å². The lowest BCUT2D eigenvalue weighted by molar-refractivity contribution is -0.116. The number of nitrogens with zero attached hydrogens (tertiary/aromatic N) is 3. The maximum Gasteiger partial charge on any atom is 0.322 e. The zero-order valence-corrected chi connectivity index (χ0v) is 22.2. The molecule has 1 aromatic heterocycles. The van der Waals surface area contributed by atoms with Crippen molar-refractivity contribution in [3.05, 3.63) is 90.1 Å². The fraction of sp³-hybridized carbons (Fsp3) is 0.233. The molecular formula is C30H33N5O3. The minimum atomic E-state index is -0.359. The number of aryl methyl sites for hydroxylation is 2. The Hall–Kier alpha value is -4.59. The summed E-state index contributed by atoms with van der Waals surface area (Å²) in [6, 6.07) is 24.5. The Kier molecular flexibility index (Phi) is 8.43. The number of amides is 3. The van der Waals surface area contributed by atoms with Crippen LogP contribution in [0.5, 0.6) is 5.75 Å². The summed E-state index contributed by atoms with van der Waals surface area (Å²) in [5.74, 6) is 0.889. The van der Waals surface area contributed by atoms with E-state index in [0.29, 0.717) is 30.2 Å². The molecule has 0 saturated heterocycles. The summed E-state index contributed by atoms with van der Waals surface area (Å²) < 4.78 is 7.01. The van der Waals surface area contributed by atoms with Gasteiger partial charge in [-0.15, -0.1) is 0 Å². The molecular weight excluding hydrogens is 478 g/mol. The third-order valence-corrected chi connectivity index (χ3v) is 6.16. The van der Waals surface area contributed by atoms with Gasteiger partial charge in [-0.1, -0.05) is 61.5 Å². The van der Waals surface area contributed by atoms with Gasteiger partial charge >= 0.3 is 6.03 Å². The first kappa shape index (κ1) is 26.5. The molecule has 8 nitrogen and oxygen atoms in total. The zero-order chi connectivity index (χ0) is 27.1. The van der Waals surface area contributed by atoms with Gasteiger partial charge in [0.25, 0.3) is 0 Å². The maximum absolute atomic E-state index is 13.4. The quantitative estimate of drug-likeness (QED) is 0.286. The standard InChI is InChI=1S/C30H33N5O3/c1-5-18-34(30(37)31-24-15-11-16-25(19-24)38-4)20-27(36)32-29-28(23-13-7-6-8-14-23)22(3)33-35(29)26-17-10-9-12-21(26)2/h6-17,19H,5,18,20H2,1-4H3,(H,31,37)(H,32,36). The molecule has 0 unspecified atom stereocenters. The van der Waals surface area contributed by atoms with Crippen LogP contribution in [-0.4, -0.2) is 46.8 Å². The number of carbonyl (C=O) groups excluding carboxylic acids is 2. The molecule has 1 heterocycles. The first-order valence-electron chi connectivity index (χ1n) is 12.6. The van der Waals surface area contributed by atoms with E-state index < -0.39 is 0 Å². The summed E-state index contributed by atoms with van der Waals surface area (Å²) in [6.45, 7) is 6.21. The molecule has 3 amide bonds. The Labute approximate surface area is 223 Å². The third-order valence-electron chi connectivity index (χ3n) is 6.16. The SMILES string of the molecule is CCCN(CC(=O)Nc1c(-c2ccccc2)c(C)nn1-c1ccccc1C)C(=O)Nc1cccc(OC)c1. The number of urea groups is 1. The lowest BCUT2D eigenvalue weighted by Gasteiger charge is -2.22. The van der Waals surface area contributed by atoms with E-state index in [1.54, 1.807) is 36.1 Å². The van der Waals surface area contributed by atoms with Crippen molar-refractivity contribution in [1.29, 1.82) is 0 Å². The Bertz CT molecular complexity index is 1410. The van der Waals surface area contributed by atoms with Crippen LogP contribution in [0.3, 0.4) is 0 Å². The predicted octanol–water partition coefficient (Wildman–Crippen LogP) is 6.05. The van der Waals surface area contributed by atoms with Crippen molar-refractivity contribution < 1.29 is 14.3 Å². The van der Waals surface area contributed by atoms with Crippen LogP contribution in [0.15, 0.2) is 78.9 Å². The van der Waals surface area contributed by atoms with Gasteiger partial charge in [-0.05, 0) is 49.6 Å². The largest absolute Gasteiger partial charge is 0.497 e. The lowest BCUT2D eigenvalue weighted by Crippen LogP contribution is -2.41. The van der Waals surface area contributed by atoms with E-state index in [0.717, 1.165) is 28.1 Å². The van der Waals surface area contributed by atoms with E-state index in [1.807, 2.05) is 75.4 Å². The minimum Gasteiger partial charge on any atom is -0.497 e. The van der Waals surface area contributed by atoms with E-state index in [2.05, 4.69) is 10.6 Å². The number of nitrogens with one attached hydrogen (secondary N) is 2. The molecule has 0 bridgehead atoms. The number of methoxy groups -OCH3 is 1. The highest BCUT2D eigenvalue weighted by Gasteiger charge is 2.23. The van der Waals surface area contributed by atoms with Gasteiger partial charge in [0.05, 0.1) is 18.5 Å². The van der Waals surface area contributed by atoms with Gasteiger partial charge in [-0.25, -0.2) is 9.48 Å². The summed E-state index contributed by atoms with van der Waals surface area (Å²) in [5, 5.41) is 10.7. The molecule has 4 aromatic rings. The Morgan fingerprint density at radius 2 is 1.68 bits per heavy atom. The second kappa shape index (κ2) is 12.1. The van der Waals surface area contributed by atoms with Crippen molar-refractivity contribution in [2.24, 2.45) is 0 Å². The van der Waals surface area contributed by atoms with Crippen LogP contribution < -0.4 is 15.4 Å². The number of aromatic nitrogens is 2. The van der Waals surface area contributed by atoms with Gasteiger partial charge in [0.2, 0.25) is 5.91 Å². The van der Waals surface area contributed by atoms with Crippen LogP contribution in [0.4, 0.5) is 16.3 Å². The number of carbonyl (C=O) groups is 2. The van der Waals surface area contributed by atoms with E-state index >= 15 is 0 Å². The Morgan fingerprint density at radius 1 is 0.947 bits per heavy atom. The Balaban J connectivity index is 1.62. The predicted molar refractivity (Wildman–Crippen MR) is 151 cm³/mol. The van der Waals surface area contributed by atoms with E-state index in [1.165, 1.54) is 4.90 Å². The molecule has 0 saturated carbocycles. The molecule has 196 valence electrons. The van der Waals surface area contributed by atoms with Gasteiger partial charge in [0, 0.05) is 23.9 Å². The maximum atomic E-state index is 13.4. The van der Waals surface area contributed by atoms with Crippen LogP contribution in [0, 0.1) is 13.8 Å². The number of para-hydroxylation sites is 1. The normalized spacial score (nSPS) is 10.6. The van der Waals surface area contributed by atoms with Crippen molar-refractivity contribution in [3.63, 3.8) is 0 Å². The average Bonchev–Trinajstić information content (AvgIpc) is 3.24. The smallest absolute Gasteiger partial charge is 0.322 e. The number of benzene rings is 3. The van der Waals surface area contributed by atoms with Crippen molar-refractivity contribution in [1.82, 2.24) is 14.7 Å². The molecule has 2 N–H and O–H groups in total. The zero-order valence-electron chi connectivity index (χ0n) is 22.2. The molecule has 0 atom stereocenters. The molecule has 4 rings (SSSR count). The summed E-state index contributed by atoms with van der Waals surface area (Å²) in [7, 11) is 1.57. The minimum absolute atomic E-state index is 0.115. The highest BCUT2D eigenvalue weighted by atomic mass is 16.5. The molecule has 8 heteroatoms. The monoisotopic (exact) mass is 511 g/mol. The molecule has 0 radical (unpaired) electrons. The number of anilines is 2. The molecule has 3 aromatic carbocycles. The summed E-state index contributed by atoms with van der Waals surface area (Å²) >= 11 is 0. The van der Waals surface area contributed by atoms with Crippen molar-refractivity contribution in [2.75, 3.05) is 30.8 Å². The van der Waals surface area contributed by atoms with Crippen LogP contribution in [0.2, 0.25) is 0 Å². The van der Waals surface area contributed by atoms with Crippen molar-refractivity contribution in [2.45, 2.75) is 27.2 Å². The molecule has 0 fully saturated rings. The number of hydrogen-bond acceptors (Lipinski definition) is 4. The van der Waals surface area contributed by atoms with E-state index in [4.69, 9.17) is 9.84 Å². The van der Waals surface area contributed by atoms with Crippen LogP contribution in [0.1, 0.15) is 24.6 Å². The first-order valence-corrected chi connectivity index (χ1v) is 12.6. The first-order chi connectivity index (χ1) is 18.4. The van der Waals surface area contributed by atoms with Crippen LogP contribution >= 0.6 is 0 Å². The fourth-order valence-corrected chi connectivity index (χ4v) is 4.34. The van der Waals surface area contributed by atoms with E-state index in [9.17, 15) is 9.59 Å². The number of ether oxygens (including phenoxy) is 1. The highest BCUT2D eigenvalue weighted by molar-refractivity contribution is 5.99. The lowest BCUT2D eigenvalue weighted by atomic mass is 10.1. The van der Waals surface area contributed by atoms with Gasteiger partial charge < -0.3 is 20.3 Å². The summed E-state index contributed by atoms with van der Waals surface area (Å²) in [6.07, 6.45) is 0.703. The molecule has 0 aliphatic carbocycles. The van der Waals surface area contributed by atoms with Gasteiger partial charge in [-0.2, -0.15) is 5.10 Å². The second-order valence-corrected chi connectivity index (χ2v) is 9.01. The summed E-state index contributed by atoms with van der Waals surface area (Å²) in [5.41, 5.74) is 5.06. The topological polar surface area (TPSA) is 88.5 Å². The Morgan fingerprint density at radius 3 is 2.39 bits per heavy atom. The second-order valence-electron chi connectivity index (χ2n) is 9.01. The van der Waals surface area contributed by atoms with Gasteiger partial charge in [0.15, 0.2) is 0 Å². The van der Waals surface area contributed by atoms with Crippen molar-refractivity contribution in [3.8, 4) is 22.6 Å². The van der Waals surface area contributed by atoms with Crippen LogP contribution in [-0.2, 0) is 4.79 Å². The molecule has 0 spiro atoms. The molecule has 38 heavy (non-hydrogen) atoms. The summed E-state index contributed by atoms with van der Waals surface area (Å²) in [4.78, 5) is 28.0. The van der Waals surface area contributed by atoms with Crippen LogP contribution in [0.25, 0.3) is 16.8 Å². The van der Waals surface area contributed by atoms with Crippen molar-refractivity contribution >= 4 is 23.4 Å². The number of rotatable bonds is 9. The average molecular weight is 512 g/mol. The third kappa shape index (κ3) is 6.03. The number of hydrogen-bond donors (Lipinski definition) is 2. The fourth-order valence-electron chi connectivity index (χ4n) is 4.34. The molecule has 0 aliphatic heterocycles.